The lowest BCUT2D eigenvalue weighted by atomic mass is 9.98. The van der Waals surface area contributed by atoms with Crippen molar-refractivity contribution in [1.82, 2.24) is 5.32 Å². The van der Waals surface area contributed by atoms with Gasteiger partial charge in [0, 0.05) is 12.1 Å². The van der Waals surface area contributed by atoms with E-state index in [1.54, 1.807) is 6.07 Å². The fourth-order valence-corrected chi connectivity index (χ4v) is 2.63. The maximum absolute atomic E-state index is 12.0. The van der Waals surface area contributed by atoms with E-state index in [1.807, 2.05) is 25.1 Å². The molecule has 1 amide bonds. The first-order chi connectivity index (χ1) is 10.2. The van der Waals surface area contributed by atoms with Crippen molar-refractivity contribution >= 4 is 11.9 Å². The van der Waals surface area contributed by atoms with Gasteiger partial charge in [-0.2, -0.15) is 0 Å². The zero-order valence-corrected chi connectivity index (χ0v) is 12.6. The van der Waals surface area contributed by atoms with Crippen molar-refractivity contribution in [3.63, 3.8) is 0 Å². The molecule has 1 N–H and O–H groups in total. The second-order valence-electron chi connectivity index (χ2n) is 5.57. The number of ether oxygens (including phenoxy) is 1. The molecule has 0 atom stereocenters. The van der Waals surface area contributed by atoms with Gasteiger partial charge in [0.25, 0.3) is 5.91 Å². The molecule has 2 rings (SSSR count). The molecule has 0 radical (unpaired) electrons. The molecular formula is C17H23NO3. The summed E-state index contributed by atoms with van der Waals surface area (Å²) in [5.41, 5.74) is 1.58. The van der Waals surface area contributed by atoms with E-state index in [0.29, 0.717) is 12.1 Å². The molecule has 1 fully saturated rings. The van der Waals surface area contributed by atoms with E-state index in [9.17, 15) is 9.59 Å². The van der Waals surface area contributed by atoms with Crippen molar-refractivity contribution in [2.24, 2.45) is 0 Å². The number of hydrogen-bond acceptors (Lipinski definition) is 3. The largest absolute Gasteiger partial charge is 0.462 e. The fourth-order valence-electron chi connectivity index (χ4n) is 2.63. The molecule has 4 heteroatoms. The number of aryl methyl sites for hydroxylation is 1. The molecule has 0 aromatic heterocycles. The molecule has 4 nitrogen and oxygen atoms in total. The van der Waals surface area contributed by atoms with E-state index < -0.39 is 0 Å². The van der Waals surface area contributed by atoms with Crippen LogP contribution in [0.3, 0.4) is 0 Å². The average molecular weight is 289 g/mol. The first kappa shape index (κ1) is 15.5. The van der Waals surface area contributed by atoms with Crippen LogP contribution < -0.4 is 5.32 Å². The van der Waals surface area contributed by atoms with Crippen molar-refractivity contribution in [2.45, 2.75) is 51.6 Å². The van der Waals surface area contributed by atoms with Crippen molar-refractivity contribution < 1.29 is 14.3 Å². The lowest BCUT2D eigenvalue weighted by Crippen LogP contribution is -2.28. The smallest absolute Gasteiger partial charge is 0.307 e. The molecule has 0 aliphatic heterocycles. The van der Waals surface area contributed by atoms with Crippen LogP contribution in [0, 0.1) is 6.92 Å². The molecular weight excluding hydrogens is 266 g/mol. The van der Waals surface area contributed by atoms with Gasteiger partial charge >= 0.3 is 5.97 Å². The van der Waals surface area contributed by atoms with Gasteiger partial charge in [0.1, 0.15) is 6.10 Å². The highest BCUT2D eigenvalue weighted by Crippen LogP contribution is 2.20. The summed E-state index contributed by atoms with van der Waals surface area (Å²) in [6.45, 7) is 2.21. The number of rotatable bonds is 5. The molecule has 1 saturated carbocycles. The predicted molar refractivity (Wildman–Crippen MR) is 81.1 cm³/mol. The molecule has 0 heterocycles. The summed E-state index contributed by atoms with van der Waals surface area (Å²) in [6, 6.07) is 7.41. The molecule has 0 saturated heterocycles. The zero-order chi connectivity index (χ0) is 15.1. The highest BCUT2D eigenvalue weighted by molar-refractivity contribution is 5.95. The van der Waals surface area contributed by atoms with Crippen LogP contribution in [0.15, 0.2) is 24.3 Å². The topological polar surface area (TPSA) is 55.4 Å². The molecule has 0 unspecified atom stereocenters. The van der Waals surface area contributed by atoms with Crippen LogP contribution >= 0.6 is 0 Å². The Kier molecular flexibility index (Phi) is 5.78. The minimum absolute atomic E-state index is 0.0818. The summed E-state index contributed by atoms with van der Waals surface area (Å²) in [5.74, 6) is -0.356. The van der Waals surface area contributed by atoms with Crippen molar-refractivity contribution in [2.75, 3.05) is 6.54 Å². The summed E-state index contributed by atoms with van der Waals surface area (Å²) >= 11 is 0. The highest BCUT2D eigenvalue weighted by Gasteiger charge is 2.17. The molecule has 1 aromatic rings. The van der Waals surface area contributed by atoms with Crippen LogP contribution in [0.1, 0.15) is 54.4 Å². The molecule has 114 valence electrons. The van der Waals surface area contributed by atoms with Gasteiger partial charge in [-0.3, -0.25) is 9.59 Å². The normalized spacial score (nSPS) is 15.5. The average Bonchev–Trinajstić information content (AvgIpc) is 2.48. The second kappa shape index (κ2) is 7.81. The Morgan fingerprint density at radius 3 is 2.62 bits per heavy atom. The van der Waals surface area contributed by atoms with Crippen LogP contribution in [0.25, 0.3) is 0 Å². The minimum atomic E-state index is -0.216. The van der Waals surface area contributed by atoms with Crippen LogP contribution in [0.4, 0.5) is 0 Å². The number of carbonyl (C=O) groups excluding carboxylic acids is 2. The Labute approximate surface area is 125 Å². The first-order valence-corrected chi connectivity index (χ1v) is 7.70. The van der Waals surface area contributed by atoms with Crippen molar-refractivity contribution in [3.8, 4) is 0 Å². The van der Waals surface area contributed by atoms with E-state index in [-0.39, 0.29) is 24.4 Å². The summed E-state index contributed by atoms with van der Waals surface area (Å²) in [5, 5.41) is 2.77. The SMILES string of the molecule is Cc1ccccc1C(=O)NCCC(=O)OC1CCCCC1. The van der Waals surface area contributed by atoms with E-state index in [1.165, 1.54) is 6.42 Å². The Hall–Kier alpha value is -1.84. The highest BCUT2D eigenvalue weighted by atomic mass is 16.5. The monoisotopic (exact) mass is 289 g/mol. The lowest BCUT2D eigenvalue weighted by Gasteiger charge is -2.21. The van der Waals surface area contributed by atoms with E-state index in [0.717, 1.165) is 31.2 Å². The maximum atomic E-state index is 12.0. The molecule has 21 heavy (non-hydrogen) atoms. The van der Waals surface area contributed by atoms with E-state index >= 15 is 0 Å². The Balaban J connectivity index is 1.70. The van der Waals surface area contributed by atoms with Gasteiger partial charge in [-0.25, -0.2) is 0 Å². The summed E-state index contributed by atoms with van der Waals surface area (Å²) in [6.07, 6.45) is 5.78. The number of nitrogens with one attached hydrogen (secondary N) is 1. The maximum Gasteiger partial charge on any atom is 0.307 e. The molecule has 1 aliphatic carbocycles. The minimum Gasteiger partial charge on any atom is -0.462 e. The summed E-state index contributed by atoms with van der Waals surface area (Å²) in [4.78, 5) is 23.7. The van der Waals surface area contributed by atoms with Crippen molar-refractivity contribution in [3.05, 3.63) is 35.4 Å². The Morgan fingerprint density at radius 1 is 1.19 bits per heavy atom. The number of carbonyl (C=O) groups is 2. The molecule has 1 aromatic carbocycles. The lowest BCUT2D eigenvalue weighted by molar-refractivity contribution is -0.150. The number of amides is 1. The second-order valence-corrected chi connectivity index (χ2v) is 5.57. The molecule has 0 spiro atoms. The van der Waals surface area contributed by atoms with Gasteiger partial charge in [0.2, 0.25) is 0 Å². The van der Waals surface area contributed by atoms with Crippen LogP contribution in [-0.2, 0) is 9.53 Å². The van der Waals surface area contributed by atoms with Gasteiger partial charge in [-0.15, -0.1) is 0 Å². The van der Waals surface area contributed by atoms with Gasteiger partial charge in [0.05, 0.1) is 6.42 Å². The Morgan fingerprint density at radius 2 is 1.90 bits per heavy atom. The van der Waals surface area contributed by atoms with Gasteiger partial charge < -0.3 is 10.1 Å². The zero-order valence-electron chi connectivity index (χ0n) is 12.6. The standard InChI is InChI=1S/C17H23NO3/c1-13-7-5-6-10-15(13)17(20)18-12-11-16(19)21-14-8-3-2-4-9-14/h5-7,10,14H,2-4,8-9,11-12H2,1H3,(H,18,20). The number of hydrogen-bond donors (Lipinski definition) is 1. The van der Waals surface area contributed by atoms with Crippen LogP contribution in [-0.4, -0.2) is 24.5 Å². The first-order valence-electron chi connectivity index (χ1n) is 7.70. The third kappa shape index (κ3) is 4.88. The third-order valence-electron chi connectivity index (χ3n) is 3.85. The van der Waals surface area contributed by atoms with Crippen molar-refractivity contribution in [1.29, 1.82) is 0 Å². The molecule has 0 bridgehead atoms. The Bertz CT molecular complexity index is 493. The van der Waals surface area contributed by atoms with Crippen LogP contribution in [0.5, 0.6) is 0 Å². The summed E-state index contributed by atoms with van der Waals surface area (Å²) in [7, 11) is 0. The van der Waals surface area contributed by atoms with Crippen LogP contribution in [0.2, 0.25) is 0 Å². The predicted octanol–water partition coefficient (Wildman–Crippen LogP) is 2.99. The van der Waals surface area contributed by atoms with Gasteiger partial charge in [-0.1, -0.05) is 24.6 Å². The number of esters is 1. The summed E-state index contributed by atoms with van der Waals surface area (Å²) < 4.78 is 5.41. The molecule has 1 aliphatic rings. The van der Waals surface area contributed by atoms with Gasteiger partial charge in [0.15, 0.2) is 0 Å². The van der Waals surface area contributed by atoms with E-state index in [2.05, 4.69) is 5.32 Å². The fraction of sp³-hybridized carbons (Fsp3) is 0.529. The third-order valence-corrected chi connectivity index (χ3v) is 3.85. The quantitative estimate of drug-likeness (QED) is 0.848. The van der Waals surface area contributed by atoms with E-state index in [4.69, 9.17) is 4.74 Å². The van der Waals surface area contributed by atoms with Gasteiger partial charge in [-0.05, 0) is 44.2 Å². The number of benzene rings is 1.